The molecule has 0 amide bonds. The molecule has 27 heavy (non-hydrogen) atoms. The van der Waals surface area contributed by atoms with Gasteiger partial charge in [0.25, 0.3) is 0 Å². The van der Waals surface area contributed by atoms with E-state index in [1.54, 1.807) is 6.07 Å². The minimum absolute atomic E-state index is 0.341. The Balaban J connectivity index is 1.60. The number of allylic oxidation sites excluding steroid dienone is 2. The molecule has 2 aliphatic rings. The lowest BCUT2D eigenvalue weighted by Crippen LogP contribution is -2.21. The zero-order valence-electron chi connectivity index (χ0n) is 15.9. The van der Waals surface area contributed by atoms with Crippen molar-refractivity contribution < 1.29 is 22.3 Å². The molecule has 0 aromatic heterocycles. The first-order valence-corrected chi connectivity index (χ1v) is 10.1. The smallest absolute Gasteiger partial charge is 0.403 e. The van der Waals surface area contributed by atoms with E-state index in [1.807, 2.05) is 6.08 Å². The van der Waals surface area contributed by atoms with Crippen LogP contribution < -0.4 is 4.74 Å². The molecule has 0 bridgehead atoms. The first-order valence-electron chi connectivity index (χ1n) is 10.1. The summed E-state index contributed by atoms with van der Waals surface area (Å²) in [5, 5.41) is 0. The number of hydrogen-bond acceptors (Lipinski definition) is 1. The summed E-state index contributed by atoms with van der Waals surface area (Å²) in [6.07, 6.45) is 8.24. The van der Waals surface area contributed by atoms with Gasteiger partial charge in [-0.1, -0.05) is 50.3 Å². The molecule has 1 aromatic carbocycles. The molecule has 1 aromatic rings. The first kappa shape index (κ1) is 20.2. The standard InChI is InChI=1S/C22H28F4O/c1-2-3-4-5-15-6-8-16(9-7-15)17-10-12-19-18(14-17)11-13-20(21(19)23)27-22(24,25)26/h10-11,13,15-16H,2-9,12,14H2,1H3. The number of fused-ring (bicyclic) bond motifs is 1. The van der Waals surface area contributed by atoms with Crippen LogP contribution in [-0.4, -0.2) is 6.36 Å². The van der Waals surface area contributed by atoms with Crippen LogP contribution in [0.25, 0.3) is 0 Å². The fourth-order valence-corrected chi connectivity index (χ4v) is 4.57. The van der Waals surface area contributed by atoms with E-state index < -0.39 is 17.9 Å². The predicted octanol–water partition coefficient (Wildman–Crippen LogP) is 7.14. The quantitative estimate of drug-likeness (QED) is 0.288. The van der Waals surface area contributed by atoms with Crippen LogP contribution in [0.2, 0.25) is 0 Å². The zero-order chi connectivity index (χ0) is 19.4. The van der Waals surface area contributed by atoms with Crippen molar-refractivity contribution in [2.45, 2.75) is 77.5 Å². The van der Waals surface area contributed by atoms with Crippen molar-refractivity contribution in [1.29, 1.82) is 0 Å². The molecule has 1 saturated carbocycles. The van der Waals surface area contributed by atoms with Gasteiger partial charge in [0.15, 0.2) is 11.6 Å². The summed E-state index contributed by atoms with van der Waals surface area (Å²) >= 11 is 0. The fourth-order valence-electron chi connectivity index (χ4n) is 4.57. The maximum Gasteiger partial charge on any atom is 0.573 e. The number of unbranched alkanes of at least 4 members (excludes halogenated alkanes) is 2. The maximum absolute atomic E-state index is 14.4. The van der Waals surface area contributed by atoms with Crippen LogP contribution in [0.4, 0.5) is 17.6 Å². The molecule has 0 spiro atoms. The second kappa shape index (κ2) is 8.66. The van der Waals surface area contributed by atoms with E-state index in [0.717, 1.165) is 17.5 Å². The van der Waals surface area contributed by atoms with Crippen LogP contribution in [0.15, 0.2) is 23.8 Å². The van der Waals surface area contributed by atoms with E-state index in [0.29, 0.717) is 24.3 Å². The first-order chi connectivity index (χ1) is 12.9. The second-order valence-electron chi connectivity index (χ2n) is 7.94. The van der Waals surface area contributed by atoms with E-state index >= 15 is 0 Å². The van der Waals surface area contributed by atoms with Crippen molar-refractivity contribution in [1.82, 2.24) is 0 Å². The highest BCUT2D eigenvalue weighted by molar-refractivity contribution is 5.44. The lowest BCUT2D eigenvalue weighted by atomic mass is 9.74. The van der Waals surface area contributed by atoms with Crippen LogP contribution in [0.3, 0.4) is 0 Å². The van der Waals surface area contributed by atoms with Crippen molar-refractivity contribution >= 4 is 0 Å². The van der Waals surface area contributed by atoms with Crippen molar-refractivity contribution in [2.75, 3.05) is 0 Å². The third-order valence-electron chi connectivity index (χ3n) is 6.08. The van der Waals surface area contributed by atoms with Crippen LogP contribution in [0.5, 0.6) is 5.75 Å². The maximum atomic E-state index is 14.4. The van der Waals surface area contributed by atoms with E-state index in [4.69, 9.17) is 0 Å². The van der Waals surface area contributed by atoms with Crippen LogP contribution in [0.1, 0.15) is 69.4 Å². The van der Waals surface area contributed by atoms with Crippen LogP contribution >= 0.6 is 0 Å². The summed E-state index contributed by atoms with van der Waals surface area (Å²) in [6, 6.07) is 2.69. The van der Waals surface area contributed by atoms with Gasteiger partial charge in [-0.15, -0.1) is 13.2 Å². The highest BCUT2D eigenvalue weighted by atomic mass is 19.4. The minimum atomic E-state index is -4.87. The Bertz CT molecular complexity index is 670. The zero-order valence-corrected chi connectivity index (χ0v) is 15.9. The Morgan fingerprint density at radius 2 is 1.81 bits per heavy atom. The molecule has 2 aliphatic carbocycles. The molecule has 0 saturated heterocycles. The third kappa shape index (κ3) is 5.26. The highest BCUT2D eigenvalue weighted by Gasteiger charge is 2.34. The van der Waals surface area contributed by atoms with Gasteiger partial charge in [0.1, 0.15) is 0 Å². The van der Waals surface area contributed by atoms with E-state index in [9.17, 15) is 17.6 Å². The third-order valence-corrected chi connectivity index (χ3v) is 6.08. The molecule has 1 fully saturated rings. The Hall–Kier alpha value is -1.52. The molecule has 0 unspecified atom stereocenters. The number of ether oxygens (including phenoxy) is 1. The molecule has 5 heteroatoms. The summed E-state index contributed by atoms with van der Waals surface area (Å²) in [7, 11) is 0. The van der Waals surface area contributed by atoms with Crippen molar-refractivity contribution in [3.8, 4) is 5.75 Å². The Kier molecular flexibility index (Phi) is 6.48. The Morgan fingerprint density at radius 1 is 1.07 bits per heavy atom. The van der Waals surface area contributed by atoms with Gasteiger partial charge in [0.05, 0.1) is 0 Å². The molecule has 0 aliphatic heterocycles. The van der Waals surface area contributed by atoms with E-state index in [-0.39, 0.29) is 0 Å². The summed E-state index contributed by atoms with van der Waals surface area (Å²) in [5.74, 6) is -0.232. The molecule has 3 rings (SSSR count). The van der Waals surface area contributed by atoms with Gasteiger partial charge in [-0.05, 0) is 67.6 Å². The number of hydrogen-bond donors (Lipinski definition) is 0. The average molecular weight is 384 g/mol. The molecule has 1 nitrogen and oxygen atoms in total. The SMILES string of the molecule is CCCCCC1CCC(C2=CCc3c(ccc(OC(F)(F)F)c3F)C2)CC1. The minimum Gasteiger partial charge on any atom is -0.403 e. The summed E-state index contributed by atoms with van der Waals surface area (Å²) < 4.78 is 55.4. The summed E-state index contributed by atoms with van der Waals surface area (Å²) in [5.41, 5.74) is 2.47. The van der Waals surface area contributed by atoms with Gasteiger partial charge in [0, 0.05) is 0 Å². The monoisotopic (exact) mass is 384 g/mol. The fraction of sp³-hybridized carbons (Fsp3) is 0.636. The van der Waals surface area contributed by atoms with Gasteiger partial charge in [-0.2, -0.15) is 0 Å². The van der Waals surface area contributed by atoms with Gasteiger partial charge in [0.2, 0.25) is 0 Å². The number of rotatable bonds is 6. The molecule has 0 heterocycles. The number of alkyl halides is 3. The van der Waals surface area contributed by atoms with Crippen molar-refractivity contribution in [3.05, 3.63) is 40.7 Å². The predicted molar refractivity (Wildman–Crippen MR) is 98.2 cm³/mol. The van der Waals surface area contributed by atoms with E-state index in [1.165, 1.54) is 56.9 Å². The van der Waals surface area contributed by atoms with Gasteiger partial charge >= 0.3 is 6.36 Å². The number of benzene rings is 1. The molecular weight excluding hydrogens is 356 g/mol. The lowest BCUT2D eigenvalue weighted by molar-refractivity contribution is -0.275. The van der Waals surface area contributed by atoms with Gasteiger partial charge in [-0.3, -0.25) is 0 Å². The normalized spacial score (nSPS) is 22.9. The van der Waals surface area contributed by atoms with Gasteiger partial charge < -0.3 is 4.74 Å². The molecule has 0 atom stereocenters. The summed E-state index contributed by atoms with van der Waals surface area (Å²) in [4.78, 5) is 0. The summed E-state index contributed by atoms with van der Waals surface area (Å²) in [6.45, 7) is 2.23. The van der Waals surface area contributed by atoms with Crippen LogP contribution in [0, 0.1) is 17.7 Å². The lowest BCUT2D eigenvalue weighted by Gasteiger charge is -2.32. The Labute approximate surface area is 158 Å². The van der Waals surface area contributed by atoms with Crippen molar-refractivity contribution in [2.24, 2.45) is 11.8 Å². The molecular formula is C22H28F4O. The van der Waals surface area contributed by atoms with Crippen molar-refractivity contribution in [3.63, 3.8) is 0 Å². The highest BCUT2D eigenvalue weighted by Crippen LogP contribution is 2.40. The van der Waals surface area contributed by atoms with Crippen LogP contribution in [-0.2, 0) is 12.8 Å². The molecule has 150 valence electrons. The second-order valence-corrected chi connectivity index (χ2v) is 7.94. The topological polar surface area (TPSA) is 9.23 Å². The van der Waals surface area contributed by atoms with E-state index in [2.05, 4.69) is 11.7 Å². The molecule has 0 N–H and O–H groups in total. The number of halogens is 4. The largest absolute Gasteiger partial charge is 0.573 e. The molecule has 0 radical (unpaired) electrons. The Morgan fingerprint density at radius 3 is 2.48 bits per heavy atom. The van der Waals surface area contributed by atoms with Gasteiger partial charge in [-0.25, -0.2) is 4.39 Å². The average Bonchev–Trinajstić information content (AvgIpc) is 2.64.